The molecule has 1 N–H and O–H groups in total. The lowest BCUT2D eigenvalue weighted by molar-refractivity contribution is -0.159. The number of hydrogen-bond acceptors (Lipinski definition) is 5. The maximum Gasteiger partial charge on any atom is 0.332 e. The van der Waals surface area contributed by atoms with E-state index in [0.29, 0.717) is 17.4 Å². The van der Waals surface area contributed by atoms with Crippen LogP contribution in [0.5, 0.6) is 11.5 Å². The van der Waals surface area contributed by atoms with Crippen molar-refractivity contribution in [1.29, 1.82) is 0 Å². The van der Waals surface area contributed by atoms with Gasteiger partial charge in [0.25, 0.3) is 5.91 Å². The molecule has 0 aliphatic carbocycles. The normalized spacial score (nSPS) is 10.1. The van der Waals surface area contributed by atoms with Crippen molar-refractivity contribution in [1.82, 2.24) is 5.48 Å². The molecule has 0 aliphatic heterocycles. The van der Waals surface area contributed by atoms with Crippen molar-refractivity contribution in [2.75, 3.05) is 13.7 Å². The highest BCUT2D eigenvalue weighted by Crippen LogP contribution is 2.16. The van der Waals surface area contributed by atoms with E-state index in [-0.39, 0.29) is 13.0 Å². The van der Waals surface area contributed by atoms with Crippen molar-refractivity contribution >= 4 is 11.9 Å². The fourth-order valence-electron chi connectivity index (χ4n) is 1.42. The molecule has 1 aromatic rings. The van der Waals surface area contributed by atoms with Gasteiger partial charge in [0.2, 0.25) is 0 Å². The Morgan fingerprint density at radius 1 is 1.14 bits per heavy atom. The number of hydroxylamine groups is 1. The van der Waals surface area contributed by atoms with Crippen molar-refractivity contribution in [2.45, 2.75) is 26.7 Å². The second kappa shape index (κ2) is 8.84. The van der Waals surface area contributed by atoms with Crippen LogP contribution in [0, 0.1) is 5.92 Å². The number of rotatable bonds is 7. The van der Waals surface area contributed by atoms with Crippen LogP contribution in [0.3, 0.4) is 0 Å². The molecule has 0 aromatic heterocycles. The van der Waals surface area contributed by atoms with Gasteiger partial charge in [-0.25, -0.2) is 4.79 Å². The summed E-state index contributed by atoms with van der Waals surface area (Å²) in [5, 5.41) is 0. The topological polar surface area (TPSA) is 73.9 Å². The number of methoxy groups -OCH3 is 1. The molecule has 1 aromatic carbocycles. The Hall–Kier alpha value is -2.24. The van der Waals surface area contributed by atoms with Crippen molar-refractivity contribution in [3.05, 3.63) is 24.3 Å². The average molecular weight is 295 g/mol. The van der Waals surface area contributed by atoms with E-state index in [2.05, 4.69) is 10.3 Å². The molecule has 0 aliphatic rings. The first kappa shape index (κ1) is 16.8. The molecule has 0 saturated heterocycles. The summed E-state index contributed by atoms with van der Waals surface area (Å²) in [7, 11) is 1.57. The lowest BCUT2D eigenvalue weighted by Crippen LogP contribution is -2.31. The van der Waals surface area contributed by atoms with E-state index in [1.807, 2.05) is 13.8 Å². The second-order valence-electron chi connectivity index (χ2n) is 4.90. The third-order valence-electron chi connectivity index (χ3n) is 2.63. The van der Waals surface area contributed by atoms with E-state index in [4.69, 9.17) is 9.47 Å². The highest BCUT2D eigenvalue weighted by molar-refractivity contribution is 5.79. The number of amides is 1. The van der Waals surface area contributed by atoms with Crippen LogP contribution in [0.1, 0.15) is 26.7 Å². The first-order chi connectivity index (χ1) is 10.0. The fourth-order valence-corrected chi connectivity index (χ4v) is 1.42. The molecule has 1 rings (SSSR count). The predicted molar refractivity (Wildman–Crippen MR) is 76.8 cm³/mol. The lowest BCUT2D eigenvalue weighted by atomic mass is 10.1. The number of benzene rings is 1. The van der Waals surface area contributed by atoms with Crippen molar-refractivity contribution in [3.63, 3.8) is 0 Å². The summed E-state index contributed by atoms with van der Waals surface area (Å²) in [5.74, 6) is 0.653. The Morgan fingerprint density at radius 3 is 2.33 bits per heavy atom. The molecule has 0 heterocycles. The summed E-state index contributed by atoms with van der Waals surface area (Å²) < 4.78 is 10.2. The standard InChI is InChI=1S/C15H21NO5/c1-11(2)4-9-15(18)21-16-14(17)10-20-13-7-5-12(19-3)6-8-13/h5-8,11H,4,9-10H2,1-3H3,(H,16,17). The van der Waals surface area contributed by atoms with Gasteiger partial charge in [0, 0.05) is 6.42 Å². The third kappa shape index (κ3) is 7.20. The fraction of sp³-hybridized carbons (Fsp3) is 0.467. The number of carbonyl (C=O) groups excluding carboxylic acids is 2. The van der Waals surface area contributed by atoms with E-state index >= 15 is 0 Å². The molecule has 1 amide bonds. The summed E-state index contributed by atoms with van der Waals surface area (Å²) in [6.45, 7) is 3.78. The van der Waals surface area contributed by atoms with E-state index in [9.17, 15) is 9.59 Å². The van der Waals surface area contributed by atoms with Gasteiger partial charge in [-0.2, -0.15) is 5.48 Å². The van der Waals surface area contributed by atoms with E-state index < -0.39 is 11.9 Å². The van der Waals surface area contributed by atoms with Gasteiger partial charge < -0.3 is 14.3 Å². The maximum atomic E-state index is 11.4. The van der Waals surface area contributed by atoms with Gasteiger partial charge in [-0.05, 0) is 36.6 Å². The van der Waals surface area contributed by atoms with Crippen LogP contribution in [-0.4, -0.2) is 25.6 Å². The number of nitrogens with one attached hydrogen (secondary N) is 1. The first-order valence-corrected chi connectivity index (χ1v) is 6.76. The summed E-state index contributed by atoms with van der Waals surface area (Å²) in [6, 6.07) is 6.81. The zero-order chi connectivity index (χ0) is 15.7. The molecule has 0 unspecified atom stereocenters. The van der Waals surface area contributed by atoms with Crippen LogP contribution in [-0.2, 0) is 14.4 Å². The molecular weight excluding hydrogens is 274 g/mol. The molecule has 0 fully saturated rings. The molecule has 0 saturated carbocycles. The third-order valence-corrected chi connectivity index (χ3v) is 2.63. The van der Waals surface area contributed by atoms with Crippen LogP contribution >= 0.6 is 0 Å². The molecule has 0 radical (unpaired) electrons. The van der Waals surface area contributed by atoms with Gasteiger partial charge in [0.15, 0.2) is 6.61 Å². The summed E-state index contributed by atoms with van der Waals surface area (Å²) in [4.78, 5) is 27.4. The minimum absolute atomic E-state index is 0.232. The highest BCUT2D eigenvalue weighted by atomic mass is 16.7. The number of ether oxygens (including phenoxy) is 2. The van der Waals surface area contributed by atoms with Gasteiger partial charge in [-0.15, -0.1) is 0 Å². The molecule has 0 spiro atoms. The Morgan fingerprint density at radius 2 is 1.76 bits per heavy atom. The SMILES string of the molecule is COc1ccc(OCC(=O)NOC(=O)CCC(C)C)cc1. The Labute approximate surface area is 124 Å². The lowest BCUT2D eigenvalue weighted by Gasteiger charge is -2.08. The Balaban J connectivity index is 2.22. The van der Waals surface area contributed by atoms with Crippen LogP contribution in [0.25, 0.3) is 0 Å². The molecule has 0 bridgehead atoms. The molecule has 6 heteroatoms. The molecular formula is C15H21NO5. The van der Waals surface area contributed by atoms with Gasteiger partial charge in [-0.3, -0.25) is 4.79 Å². The minimum Gasteiger partial charge on any atom is -0.497 e. The number of hydrogen-bond donors (Lipinski definition) is 1. The Bertz CT molecular complexity index is 456. The van der Waals surface area contributed by atoms with Crippen LogP contribution in [0.15, 0.2) is 24.3 Å². The van der Waals surface area contributed by atoms with Crippen LogP contribution in [0.2, 0.25) is 0 Å². The molecule has 6 nitrogen and oxygen atoms in total. The largest absolute Gasteiger partial charge is 0.497 e. The van der Waals surface area contributed by atoms with Gasteiger partial charge in [0.05, 0.1) is 7.11 Å². The second-order valence-corrected chi connectivity index (χ2v) is 4.90. The van der Waals surface area contributed by atoms with Gasteiger partial charge in [-0.1, -0.05) is 13.8 Å². The van der Waals surface area contributed by atoms with E-state index in [0.717, 1.165) is 6.42 Å². The van der Waals surface area contributed by atoms with E-state index in [1.54, 1.807) is 31.4 Å². The maximum absolute atomic E-state index is 11.4. The summed E-state index contributed by atoms with van der Waals surface area (Å²) in [5.41, 5.74) is 2.06. The quantitative estimate of drug-likeness (QED) is 0.780. The predicted octanol–water partition coefficient (Wildman–Crippen LogP) is 2.08. The molecule has 0 atom stereocenters. The van der Waals surface area contributed by atoms with Crippen molar-refractivity contribution < 1.29 is 23.9 Å². The molecule has 116 valence electrons. The van der Waals surface area contributed by atoms with Gasteiger partial charge in [0.1, 0.15) is 11.5 Å². The summed E-state index contributed by atoms with van der Waals surface area (Å²) >= 11 is 0. The summed E-state index contributed by atoms with van der Waals surface area (Å²) in [6.07, 6.45) is 0.994. The van der Waals surface area contributed by atoms with Crippen molar-refractivity contribution in [2.24, 2.45) is 5.92 Å². The molecule has 21 heavy (non-hydrogen) atoms. The smallest absolute Gasteiger partial charge is 0.332 e. The van der Waals surface area contributed by atoms with Crippen molar-refractivity contribution in [3.8, 4) is 11.5 Å². The van der Waals surface area contributed by atoms with Gasteiger partial charge >= 0.3 is 5.97 Å². The Kier molecular flexibility index (Phi) is 7.08. The van der Waals surface area contributed by atoms with Crippen LogP contribution < -0.4 is 15.0 Å². The zero-order valence-electron chi connectivity index (χ0n) is 12.5. The minimum atomic E-state index is -0.524. The van der Waals surface area contributed by atoms with E-state index in [1.165, 1.54) is 0 Å². The zero-order valence-corrected chi connectivity index (χ0v) is 12.5. The van der Waals surface area contributed by atoms with Crippen LogP contribution in [0.4, 0.5) is 0 Å². The average Bonchev–Trinajstić information content (AvgIpc) is 2.49. The highest BCUT2D eigenvalue weighted by Gasteiger charge is 2.08. The monoisotopic (exact) mass is 295 g/mol. The first-order valence-electron chi connectivity index (χ1n) is 6.76. The number of carbonyl (C=O) groups is 2.